The molecule has 1 amide bonds. The van der Waals surface area contributed by atoms with Gasteiger partial charge in [0.15, 0.2) is 0 Å². The summed E-state index contributed by atoms with van der Waals surface area (Å²) in [5.41, 5.74) is 5.85. The van der Waals surface area contributed by atoms with Gasteiger partial charge < -0.3 is 10.6 Å². The standard InChI is InChI=1S/C12H17BrN2OS.ClH/c1-8(10-2-3-11(13)17-10)12(16)15-6-4-9(14)5-7-15;/h2-3,8-9H,4-7,14H2,1H3;1H. The lowest BCUT2D eigenvalue weighted by atomic mass is 10.0. The molecule has 0 aromatic carbocycles. The summed E-state index contributed by atoms with van der Waals surface area (Å²) in [6.07, 6.45) is 1.85. The number of carbonyl (C=O) groups is 1. The fraction of sp³-hybridized carbons (Fsp3) is 0.583. The fourth-order valence-electron chi connectivity index (χ4n) is 2.08. The highest BCUT2D eigenvalue weighted by Gasteiger charge is 2.26. The maximum atomic E-state index is 12.3. The second-order valence-corrected chi connectivity index (χ2v) is 7.02. The van der Waals surface area contributed by atoms with E-state index in [0.717, 1.165) is 34.6 Å². The quantitative estimate of drug-likeness (QED) is 0.888. The van der Waals surface area contributed by atoms with Crippen molar-refractivity contribution in [3.63, 3.8) is 0 Å². The van der Waals surface area contributed by atoms with Crippen LogP contribution in [0.1, 0.15) is 30.6 Å². The summed E-state index contributed by atoms with van der Waals surface area (Å²) >= 11 is 5.06. The zero-order valence-corrected chi connectivity index (χ0v) is 13.5. The van der Waals surface area contributed by atoms with Crippen molar-refractivity contribution < 1.29 is 4.79 Å². The van der Waals surface area contributed by atoms with Crippen molar-refractivity contribution in [1.82, 2.24) is 4.90 Å². The summed E-state index contributed by atoms with van der Waals surface area (Å²) in [4.78, 5) is 15.4. The molecular weight excluding hydrogens is 336 g/mol. The van der Waals surface area contributed by atoms with E-state index in [1.165, 1.54) is 0 Å². The molecule has 1 aliphatic rings. The number of hydrogen-bond acceptors (Lipinski definition) is 3. The molecule has 0 aliphatic carbocycles. The Morgan fingerprint density at radius 2 is 2.11 bits per heavy atom. The number of nitrogens with zero attached hydrogens (tertiary/aromatic N) is 1. The van der Waals surface area contributed by atoms with Gasteiger partial charge >= 0.3 is 0 Å². The molecule has 1 saturated heterocycles. The van der Waals surface area contributed by atoms with Gasteiger partial charge in [-0.1, -0.05) is 0 Å². The summed E-state index contributed by atoms with van der Waals surface area (Å²) in [6, 6.07) is 4.29. The number of halogens is 2. The van der Waals surface area contributed by atoms with Gasteiger partial charge in [-0.3, -0.25) is 4.79 Å². The molecule has 0 spiro atoms. The summed E-state index contributed by atoms with van der Waals surface area (Å²) in [7, 11) is 0. The van der Waals surface area contributed by atoms with Crippen LogP contribution in [0.4, 0.5) is 0 Å². The highest BCUT2D eigenvalue weighted by atomic mass is 79.9. The number of rotatable bonds is 2. The number of thiophene rings is 1. The Morgan fingerprint density at radius 3 is 2.61 bits per heavy atom. The van der Waals surface area contributed by atoms with Gasteiger partial charge in [-0.05, 0) is 47.8 Å². The third-order valence-corrected chi connectivity index (χ3v) is 5.05. The first-order chi connectivity index (χ1) is 8.08. The van der Waals surface area contributed by atoms with Gasteiger partial charge in [-0.25, -0.2) is 0 Å². The average Bonchev–Trinajstić information content (AvgIpc) is 2.75. The Labute approximate surface area is 126 Å². The molecular formula is C12H18BrClN2OS. The molecule has 1 fully saturated rings. The summed E-state index contributed by atoms with van der Waals surface area (Å²) in [6.45, 7) is 3.59. The number of amides is 1. The number of likely N-dealkylation sites (tertiary alicyclic amines) is 1. The Balaban J connectivity index is 0.00000162. The Hall–Kier alpha value is -0.100. The van der Waals surface area contributed by atoms with Gasteiger partial charge in [-0.15, -0.1) is 23.7 Å². The zero-order chi connectivity index (χ0) is 12.4. The van der Waals surface area contributed by atoms with Crippen LogP contribution in [0.3, 0.4) is 0 Å². The van der Waals surface area contributed by atoms with E-state index in [1.807, 2.05) is 24.0 Å². The van der Waals surface area contributed by atoms with Gasteiger partial charge in [0.05, 0.1) is 9.70 Å². The number of hydrogen-bond donors (Lipinski definition) is 1. The zero-order valence-electron chi connectivity index (χ0n) is 10.3. The molecule has 2 N–H and O–H groups in total. The molecule has 6 heteroatoms. The molecule has 3 nitrogen and oxygen atoms in total. The van der Waals surface area contributed by atoms with Crippen LogP contribution in [0.25, 0.3) is 0 Å². The van der Waals surface area contributed by atoms with Crippen LogP contribution < -0.4 is 5.73 Å². The molecule has 2 heterocycles. The predicted octanol–water partition coefficient (Wildman–Crippen LogP) is 2.99. The first-order valence-electron chi connectivity index (χ1n) is 5.87. The van der Waals surface area contributed by atoms with E-state index in [-0.39, 0.29) is 30.3 Å². The smallest absolute Gasteiger partial charge is 0.230 e. The molecule has 1 atom stereocenters. The Kier molecular flexibility index (Phi) is 6.11. The van der Waals surface area contributed by atoms with Crippen LogP contribution >= 0.6 is 39.7 Å². The topological polar surface area (TPSA) is 46.3 Å². The molecule has 1 unspecified atom stereocenters. The summed E-state index contributed by atoms with van der Waals surface area (Å²) in [5.74, 6) is 0.187. The molecule has 1 aliphatic heterocycles. The fourth-order valence-corrected chi connectivity index (χ4v) is 3.54. The second-order valence-electron chi connectivity index (χ2n) is 4.53. The lowest BCUT2D eigenvalue weighted by molar-refractivity contribution is -0.133. The monoisotopic (exact) mass is 352 g/mol. The summed E-state index contributed by atoms with van der Waals surface area (Å²) in [5, 5.41) is 0. The SMILES string of the molecule is CC(C(=O)N1CCC(N)CC1)c1ccc(Br)s1.Cl. The minimum Gasteiger partial charge on any atom is -0.342 e. The van der Waals surface area contributed by atoms with E-state index < -0.39 is 0 Å². The van der Waals surface area contributed by atoms with Crippen molar-refractivity contribution in [3.05, 3.63) is 20.8 Å². The lowest BCUT2D eigenvalue weighted by Crippen LogP contribution is -2.44. The van der Waals surface area contributed by atoms with E-state index in [0.29, 0.717) is 0 Å². The first kappa shape index (κ1) is 16.0. The van der Waals surface area contributed by atoms with Crippen LogP contribution in [-0.2, 0) is 4.79 Å². The Bertz CT molecular complexity index is 405. The number of carbonyl (C=O) groups excluding carboxylic acids is 1. The molecule has 0 bridgehead atoms. The van der Waals surface area contributed by atoms with Crippen molar-refractivity contribution in [2.75, 3.05) is 13.1 Å². The van der Waals surface area contributed by atoms with Crippen LogP contribution in [0.2, 0.25) is 0 Å². The van der Waals surface area contributed by atoms with Crippen molar-refractivity contribution in [3.8, 4) is 0 Å². The van der Waals surface area contributed by atoms with Gasteiger partial charge in [0, 0.05) is 24.0 Å². The van der Waals surface area contributed by atoms with Gasteiger partial charge in [-0.2, -0.15) is 0 Å². The lowest BCUT2D eigenvalue weighted by Gasteiger charge is -2.31. The van der Waals surface area contributed by atoms with Gasteiger partial charge in [0.1, 0.15) is 0 Å². The molecule has 102 valence electrons. The molecule has 1 aromatic heterocycles. The maximum Gasteiger partial charge on any atom is 0.230 e. The average molecular weight is 354 g/mol. The van der Waals surface area contributed by atoms with Crippen molar-refractivity contribution in [1.29, 1.82) is 0 Å². The predicted molar refractivity (Wildman–Crippen MR) is 81.5 cm³/mol. The third-order valence-electron chi connectivity index (χ3n) is 3.24. The van der Waals surface area contributed by atoms with E-state index in [9.17, 15) is 4.79 Å². The molecule has 0 radical (unpaired) electrons. The first-order valence-corrected chi connectivity index (χ1v) is 7.48. The van der Waals surface area contributed by atoms with Gasteiger partial charge in [0.25, 0.3) is 0 Å². The van der Waals surface area contributed by atoms with Crippen molar-refractivity contribution in [2.24, 2.45) is 5.73 Å². The molecule has 2 rings (SSSR count). The minimum atomic E-state index is -0.0411. The third kappa shape index (κ3) is 3.70. The molecule has 0 saturated carbocycles. The van der Waals surface area contributed by atoms with Crippen LogP contribution in [0.15, 0.2) is 15.9 Å². The van der Waals surface area contributed by atoms with E-state index in [4.69, 9.17) is 5.73 Å². The van der Waals surface area contributed by atoms with Crippen molar-refractivity contribution in [2.45, 2.75) is 31.7 Å². The largest absolute Gasteiger partial charge is 0.342 e. The van der Waals surface area contributed by atoms with Gasteiger partial charge in [0.2, 0.25) is 5.91 Å². The van der Waals surface area contributed by atoms with Crippen LogP contribution in [0, 0.1) is 0 Å². The van der Waals surface area contributed by atoms with Crippen molar-refractivity contribution >= 4 is 45.6 Å². The molecule has 18 heavy (non-hydrogen) atoms. The number of nitrogens with two attached hydrogens (primary N) is 1. The maximum absolute atomic E-state index is 12.3. The molecule has 1 aromatic rings. The van der Waals surface area contributed by atoms with E-state index in [2.05, 4.69) is 15.9 Å². The number of piperidine rings is 1. The highest BCUT2D eigenvalue weighted by Crippen LogP contribution is 2.30. The minimum absolute atomic E-state index is 0. The van der Waals surface area contributed by atoms with E-state index >= 15 is 0 Å². The van der Waals surface area contributed by atoms with E-state index in [1.54, 1.807) is 11.3 Å². The summed E-state index contributed by atoms with van der Waals surface area (Å²) < 4.78 is 1.08. The Morgan fingerprint density at radius 1 is 1.50 bits per heavy atom. The normalized spacial score (nSPS) is 18.3. The van der Waals surface area contributed by atoms with Crippen LogP contribution in [0.5, 0.6) is 0 Å². The second kappa shape index (κ2) is 6.89. The highest BCUT2D eigenvalue weighted by molar-refractivity contribution is 9.11. The van der Waals surface area contributed by atoms with Crippen LogP contribution in [-0.4, -0.2) is 29.9 Å².